The molecule has 0 unspecified atom stereocenters. The smallest absolute Gasteiger partial charge is 0.240 e. The molecule has 4 nitrogen and oxygen atoms in total. The summed E-state index contributed by atoms with van der Waals surface area (Å²) in [5, 5.41) is 2.87. The first kappa shape index (κ1) is 10.6. The molecular weight excluding hydrogens is 210 g/mol. The topological polar surface area (TPSA) is 68.0 Å². The summed E-state index contributed by atoms with van der Waals surface area (Å²) in [6, 6.07) is 0. The Bertz CT molecular complexity index is 330. The van der Waals surface area contributed by atoms with E-state index in [0.29, 0.717) is 6.54 Å². The molecule has 1 aromatic heterocycles. The molecule has 0 bridgehead atoms. The van der Waals surface area contributed by atoms with Gasteiger partial charge in [0.25, 0.3) is 0 Å². The molecule has 15 heavy (non-hydrogen) atoms. The SMILES string of the molecule is NC1(C(=O)NCc2cncs2)CCCC1. The van der Waals surface area contributed by atoms with Crippen LogP contribution in [0.1, 0.15) is 30.6 Å². The van der Waals surface area contributed by atoms with Gasteiger partial charge in [-0.05, 0) is 12.8 Å². The summed E-state index contributed by atoms with van der Waals surface area (Å²) >= 11 is 1.54. The summed E-state index contributed by atoms with van der Waals surface area (Å²) in [4.78, 5) is 16.8. The number of carbonyl (C=O) groups is 1. The third-order valence-electron chi connectivity index (χ3n) is 2.85. The molecule has 0 saturated heterocycles. The molecule has 3 N–H and O–H groups in total. The van der Waals surface area contributed by atoms with E-state index in [0.717, 1.165) is 30.6 Å². The zero-order chi connectivity index (χ0) is 10.7. The van der Waals surface area contributed by atoms with E-state index in [1.54, 1.807) is 11.7 Å². The van der Waals surface area contributed by atoms with Crippen LogP contribution in [-0.2, 0) is 11.3 Å². The summed E-state index contributed by atoms with van der Waals surface area (Å²) in [6.07, 6.45) is 5.50. The average molecular weight is 225 g/mol. The van der Waals surface area contributed by atoms with Crippen molar-refractivity contribution in [2.24, 2.45) is 5.73 Å². The minimum atomic E-state index is -0.620. The zero-order valence-corrected chi connectivity index (χ0v) is 9.35. The summed E-state index contributed by atoms with van der Waals surface area (Å²) < 4.78 is 0. The van der Waals surface area contributed by atoms with Crippen LogP contribution in [0.15, 0.2) is 11.7 Å². The van der Waals surface area contributed by atoms with Crippen molar-refractivity contribution >= 4 is 17.2 Å². The number of amides is 1. The first-order valence-electron chi connectivity index (χ1n) is 5.15. The second-order valence-electron chi connectivity index (χ2n) is 4.01. The fourth-order valence-corrected chi connectivity index (χ4v) is 2.44. The van der Waals surface area contributed by atoms with E-state index in [9.17, 15) is 4.79 Å². The highest BCUT2D eigenvalue weighted by Gasteiger charge is 2.36. The molecule has 1 aromatic rings. The summed E-state index contributed by atoms with van der Waals surface area (Å²) in [7, 11) is 0. The molecule has 2 rings (SSSR count). The average Bonchev–Trinajstić information content (AvgIpc) is 2.85. The van der Waals surface area contributed by atoms with Crippen LogP contribution in [0.4, 0.5) is 0 Å². The Labute approximate surface area is 92.9 Å². The number of nitrogens with one attached hydrogen (secondary N) is 1. The number of nitrogens with two attached hydrogens (primary N) is 1. The first-order valence-corrected chi connectivity index (χ1v) is 6.03. The maximum atomic E-state index is 11.8. The fraction of sp³-hybridized carbons (Fsp3) is 0.600. The third-order valence-corrected chi connectivity index (χ3v) is 3.63. The summed E-state index contributed by atoms with van der Waals surface area (Å²) in [5.41, 5.74) is 7.16. The molecular formula is C10H15N3OS. The van der Waals surface area contributed by atoms with Crippen LogP contribution in [0.3, 0.4) is 0 Å². The number of aromatic nitrogens is 1. The van der Waals surface area contributed by atoms with Crippen molar-refractivity contribution in [2.75, 3.05) is 0 Å². The molecule has 5 heteroatoms. The number of hydrogen-bond donors (Lipinski definition) is 2. The minimum Gasteiger partial charge on any atom is -0.350 e. The van der Waals surface area contributed by atoms with Crippen LogP contribution in [-0.4, -0.2) is 16.4 Å². The molecule has 1 saturated carbocycles. The van der Waals surface area contributed by atoms with Crippen molar-refractivity contribution in [2.45, 2.75) is 37.8 Å². The van der Waals surface area contributed by atoms with Crippen LogP contribution in [0, 0.1) is 0 Å². The lowest BCUT2D eigenvalue weighted by Gasteiger charge is -2.21. The van der Waals surface area contributed by atoms with Gasteiger partial charge in [-0.3, -0.25) is 9.78 Å². The lowest BCUT2D eigenvalue weighted by atomic mass is 9.98. The first-order chi connectivity index (χ1) is 7.21. The molecule has 0 atom stereocenters. The Hall–Kier alpha value is -0.940. The van der Waals surface area contributed by atoms with E-state index in [1.807, 2.05) is 0 Å². The van der Waals surface area contributed by atoms with Gasteiger partial charge in [0.2, 0.25) is 5.91 Å². The number of hydrogen-bond acceptors (Lipinski definition) is 4. The number of rotatable bonds is 3. The normalized spacial score (nSPS) is 19.0. The molecule has 0 spiro atoms. The number of thiazole rings is 1. The summed E-state index contributed by atoms with van der Waals surface area (Å²) in [5.74, 6) is -0.0200. The lowest BCUT2D eigenvalue weighted by Crippen LogP contribution is -2.51. The summed E-state index contributed by atoms with van der Waals surface area (Å²) in [6.45, 7) is 0.544. The monoisotopic (exact) mass is 225 g/mol. The van der Waals surface area contributed by atoms with Crippen molar-refractivity contribution in [1.82, 2.24) is 10.3 Å². The van der Waals surface area contributed by atoms with E-state index in [2.05, 4.69) is 10.3 Å². The molecule has 1 aliphatic rings. The van der Waals surface area contributed by atoms with Crippen LogP contribution in [0.2, 0.25) is 0 Å². The van der Waals surface area contributed by atoms with Crippen LogP contribution < -0.4 is 11.1 Å². The van der Waals surface area contributed by atoms with Gasteiger partial charge in [0, 0.05) is 11.1 Å². The molecule has 0 radical (unpaired) electrons. The van der Waals surface area contributed by atoms with Gasteiger partial charge in [-0.25, -0.2) is 0 Å². The van der Waals surface area contributed by atoms with E-state index >= 15 is 0 Å². The number of carbonyl (C=O) groups excluding carboxylic acids is 1. The molecule has 82 valence electrons. The van der Waals surface area contributed by atoms with Gasteiger partial charge in [0.15, 0.2) is 0 Å². The molecule has 1 fully saturated rings. The Morgan fingerprint density at radius 1 is 1.60 bits per heavy atom. The molecule has 0 aromatic carbocycles. The van der Waals surface area contributed by atoms with Crippen LogP contribution in [0.5, 0.6) is 0 Å². The quantitative estimate of drug-likeness (QED) is 0.807. The highest BCUT2D eigenvalue weighted by atomic mass is 32.1. The minimum absolute atomic E-state index is 0.0200. The predicted octanol–water partition coefficient (Wildman–Crippen LogP) is 1.03. The van der Waals surface area contributed by atoms with Gasteiger partial charge in [-0.2, -0.15) is 0 Å². The second kappa shape index (κ2) is 4.28. The zero-order valence-electron chi connectivity index (χ0n) is 8.53. The lowest BCUT2D eigenvalue weighted by molar-refractivity contribution is -0.126. The maximum Gasteiger partial charge on any atom is 0.240 e. The van der Waals surface area contributed by atoms with Gasteiger partial charge in [0.05, 0.1) is 17.6 Å². The van der Waals surface area contributed by atoms with Gasteiger partial charge in [0.1, 0.15) is 0 Å². The standard InChI is InChI=1S/C10H15N3OS/c11-10(3-1-2-4-10)9(14)13-6-8-5-12-7-15-8/h5,7H,1-4,6,11H2,(H,13,14). The second-order valence-corrected chi connectivity index (χ2v) is 4.98. The van der Waals surface area contributed by atoms with Crippen molar-refractivity contribution in [1.29, 1.82) is 0 Å². The van der Waals surface area contributed by atoms with Gasteiger partial charge < -0.3 is 11.1 Å². The van der Waals surface area contributed by atoms with E-state index in [1.165, 1.54) is 11.3 Å². The fourth-order valence-electron chi connectivity index (χ4n) is 1.91. The van der Waals surface area contributed by atoms with Crippen molar-refractivity contribution in [3.05, 3.63) is 16.6 Å². The largest absolute Gasteiger partial charge is 0.350 e. The predicted molar refractivity (Wildman–Crippen MR) is 59.3 cm³/mol. The van der Waals surface area contributed by atoms with E-state index < -0.39 is 5.54 Å². The molecule has 1 heterocycles. The molecule has 0 aliphatic heterocycles. The third kappa shape index (κ3) is 2.35. The van der Waals surface area contributed by atoms with Gasteiger partial charge in [-0.15, -0.1) is 11.3 Å². The number of nitrogens with zero attached hydrogens (tertiary/aromatic N) is 1. The Balaban J connectivity index is 1.87. The van der Waals surface area contributed by atoms with Crippen LogP contribution in [0.25, 0.3) is 0 Å². The Morgan fingerprint density at radius 3 is 2.93 bits per heavy atom. The van der Waals surface area contributed by atoms with Crippen molar-refractivity contribution in [3.63, 3.8) is 0 Å². The van der Waals surface area contributed by atoms with Crippen LogP contribution >= 0.6 is 11.3 Å². The van der Waals surface area contributed by atoms with Crippen molar-refractivity contribution < 1.29 is 4.79 Å². The van der Waals surface area contributed by atoms with Gasteiger partial charge >= 0.3 is 0 Å². The Kier molecular flexibility index (Phi) is 3.02. The van der Waals surface area contributed by atoms with E-state index in [4.69, 9.17) is 5.73 Å². The highest BCUT2D eigenvalue weighted by Crippen LogP contribution is 2.27. The Morgan fingerprint density at radius 2 is 2.33 bits per heavy atom. The molecule has 1 aliphatic carbocycles. The highest BCUT2D eigenvalue weighted by molar-refractivity contribution is 7.09. The van der Waals surface area contributed by atoms with E-state index in [-0.39, 0.29) is 5.91 Å². The molecule has 1 amide bonds. The maximum absolute atomic E-state index is 11.8. The van der Waals surface area contributed by atoms with Crippen molar-refractivity contribution in [3.8, 4) is 0 Å². The van der Waals surface area contributed by atoms with Gasteiger partial charge in [-0.1, -0.05) is 12.8 Å².